The van der Waals surface area contributed by atoms with Gasteiger partial charge in [-0.05, 0) is 40.2 Å². The van der Waals surface area contributed by atoms with Gasteiger partial charge in [0.1, 0.15) is 24.1 Å². The van der Waals surface area contributed by atoms with Crippen LogP contribution >= 0.6 is 15.9 Å². The molecule has 3 heterocycles. The average molecular weight is 338 g/mol. The normalized spacial score (nSPS) is 17.9. The van der Waals surface area contributed by atoms with Gasteiger partial charge in [0.2, 0.25) is 5.88 Å². The second-order valence-corrected chi connectivity index (χ2v) is 4.99. The summed E-state index contributed by atoms with van der Waals surface area (Å²) in [5.41, 5.74) is 0.640. The van der Waals surface area contributed by atoms with Gasteiger partial charge in [0.05, 0.1) is 17.8 Å². The maximum absolute atomic E-state index is 5.37. The largest absolute Gasteiger partial charge is 0.480 e. The van der Waals surface area contributed by atoms with Crippen molar-refractivity contribution >= 4 is 21.8 Å². The number of pyridine rings is 1. The molecule has 0 aromatic carbocycles. The molecule has 2 aromatic rings. The van der Waals surface area contributed by atoms with Crippen LogP contribution < -0.4 is 10.1 Å². The number of nitrogens with one attached hydrogen (secondary N) is 1. The first-order valence-electron chi connectivity index (χ1n) is 5.98. The van der Waals surface area contributed by atoms with Crippen molar-refractivity contribution in [2.45, 2.75) is 6.04 Å². The minimum Gasteiger partial charge on any atom is -0.480 e. The number of furan rings is 1. The fourth-order valence-electron chi connectivity index (χ4n) is 1.87. The van der Waals surface area contributed by atoms with Gasteiger partial charge in [0.15, 0.2) is 5.84 Å². The van der Waals surface area contributed by atoms with Crippen molar-refractivity contribution in [3.63, 3.8) is 0 Å². The van der Waals surface area contributed by atoms with Crippen molar-refractivity contribution in [3.8, 4) is 5.88 Å². The Morgan fingerprint density at radius 3 is 3.05 bits per heavy atom. The molecule has 0 fully saturated rings. The van der Waals surface area contributed by atoms with E-state index in [2.05, 4.69) is 31.4 Å². The van der Waals surface area contributed by atoms with E-state index in [0.29, 0.717) is 24.0 Å². The van der Waals surface area contributed by atoms with E-state index in [1.165, 1.54) is 0 Å². The number of amidine groups is 1. The third-order valence-corrected chi connectivity index (χ3v) is 3.45. The van der Waals surface area contributed by atoms with Gasteiger partial charge in [-0.2, -0.15) is 0 Å². The van der Waals surface area contributed by atoms with Crippen molar-refractivity contribution in [2.24, 2.45) is 5.16 Å². The summed E-state index contributed by atoms with van der Waals surface area (Å²) in [6, 6.07) is 7.31. The predicted octanol–water partition coefficient (Wildman–Crippen LogP) is 2.47. The Bertz CT molecular complexity index is 628. The van der Waals surface area contributed by atoms with Crippen LogP contribution in [0.4, 0.5) is 0 Å². The minimum atomic E-state index is -0.0889. The summed E-state index contributed by atoms with van der Waals surface area (Å²) in [5, 5.41) is 7.24. The number of oxime groups is 1. The molecule has 1 aliphatic heterocycles. The highest BCUT2D eigenvalue weighted by atomic mass is 79.9. The molecule has 6 nitrogen and oxygen atoms in total. The number of methoxy groups -OCH3 is 1. The van der Waals surface area contributed by atoms with Gasteiger partial charge in [-0.1, -0.05) is 5.16 Å². The van der Waals surface area contributed by atoms with E-state index in [9.17, 15) is 0 Å². The second-order valence-electron chi connectivity index (χ2n) is 4.14. The summed E-state index contributed by atoms with van der Waals surface area (Å²) in [6.45, 7) is 0.407. The fraction of sp³-hybridized carbons (Fsp3) is 0.231. The maximum Gasteiger partial charge on any atom is 0.228 e. The van der Waals surface area contributed by atoms with Crippen LogP contribution in [0.15, 0.2) is 44.6 Å². The summed E-state index contributed by atoms with van der Waals surface area (Å²) < 4.78 is 11.3. The lowest BCUT2D eigenvalue weighted by molar-refractivity contribution is 0.102. The summed E-state index contributed by atoms with van der Waals surface area (Å²) in [6.07, 6.45) is 1.63. The number of hydrogen-bond donors (Lipinski definition) is 1. The highest BCUT2D eigenvalue weighted by Gasteiger charge is 2.23. The highest BCUT2D eigenvalue weighted by molar-refractivity contribution is 9.10. The molecular weight excluding hydrogens is 326 g/mol. The molecule has 7 heteroatoms. The van der Waals surface area contributed by atoms with Crippen molar-refractivity contribution < 1.29 is 14.0 Å². The zero-order valence-electron chi connectivity index (χ0n) is 10.7. The van der Waals surface area contributed by atoms with Gasteiger partial charge in [-0.3, -0.25) is 0 Å². The molecule has 1 atom stereocenters. The van der Waals surface area contributed by atoms with Crippen LogP contribution in [0.2, 0.25) is 0 Å². The van der Waals surface area contributed by atoms with Gasteiger partial charge >= 0.3 is 0 Å². The number of ether oxygens (including phenoxy) is 1. The van der Waals surface area contributed by atoms with E-state index in [0.717, 1.165) is 10.2 Å². The van der Waals surface area contributed by atoms with E-state index in [1.807, 2.05) is 24.3 Å². The molecule has 1 unspecified atom stereocenters. The first-order chi connectivity index (χ1) is 9.78. The lowest BCUT2D eigenvalue weighted by atomic mass is 10.2. The van der Waals surface area contributed by atoms with Crippen molar-refractivity contribution in [1.29, 1.82) is 0 Å². The van der Waals surface area contributed by atoms with Crippen molar-refractivity contribution in [2.75, 3.05) is 13.7 Å². The van der Waals surface area contributed by atoms with E-state index in [1.54, 1.807) is 13.4 Å². The third kappa shape index (κ3) is 2.49. The van der Waals surface area contributed by atoms with Gasteiger partial charge in [0, 0.05) is 0 Å². The third-order valence-electron chi connectivity index (χ3n) is 2.84. The molecule has 104 valence electrons. The highest BCUT2D eigenvalue weighted by Crippen LogP contribution is 2.23. The number of rotatable bonds is 3. The summed E-state index contributed by atoms with van der Waals surface area (Å²) in [4.78, 5) is 9.61. The van der Waals surface area contributed by atoms with E-state index in [-0.39, 0.29) is 6.04 Å². The minimum absolute atomic E-state index is 0.0889. The molecule has 0 saturated heterocycles. The molecule has 0 radical (unpaired) electrons. The summed E-state index contributed by atoms with van der Waals surface area (Å²) in [5.74, 6) is 1.83. The molecular formula is C13H12BrN3O3. The standard InChI is InChI=1S/C13H12BrN3O3/c1-18-13-8(14)4-5-9(16-13)12-15-10(7-20-17-12)11-3-2-6-19-11/h2-6,10H,7H2,1H3,(H,15,17). The Morgan fingerprint density at radius 1 is 1.40 bits per heavy atom. The molecule has 0 bridgehead atoms. The summed E-state index contributed by atoms with van der Waals surface area (Å²) >= 11 is 3.36. The quantitative estimate of drug-likeness (QED) is 0.931. The molecule has 0 amide bonds. The van der Waals surface area contributed by atoms with Crippen LogP contribution in [0.1, 0.15) is 17.5 Å². The zero-order valence-corrected chi connectivity index (χ0v) is 12.3. The van der Waals surface area contributed by atoms with Crippen LogP contribution in [0.25, 0.3) is 0 Å². The molecule has 2 aromatic heterocycles. The predicted molar refractivity (Wildman–Crippen MR) is 75.6 cm³/mol. The van der Waals surface area contributed by atoms with Gasteiger partial charge in [-0.15, -0.1) is 0 Å². The topological polar surface area (TPSA) is 68.9 Å². The number of hydrogen-bond acceptors (Lipinski definition) is 6. The van der Waals surface area contributed by atoms with Crippen LogP contribution in [0.5, 0.6) is 5.88 Å². The monoisotopic (exact) mass is 337 g/mol. The maximum atomic E-state index is 5.37. The van der Waals surface area contributed by atoms with Crippen LogP contribution in [0, 0.1) is 0 Å². The molecule has 3 rings (SSSR count). The van der Waals surface area contributed by atoms with Gasteiger partial charge in [-0.25, -0.2) is 4.98 Å². The SMILES string of the molecule is COc1nc(C2=NOCC(c3ccco3)N2)ccc1Br. The number of nitrogens with zero attached hydrogens (tertiary/aromatic N) is 2. The fourth-order valence-corrected chi connectivity index (χ4v) is 2.25. The molecule has 1 N–H and O–H groups in total. The van der Waals surface area contributed by atoms with Crippen LogP contribution in [-0.4, -0.2) is 24.5 Å². The Labute approximate surface area is 123 Å². The smallest absolute Gasteiger partial charge is 0.228 e. The lowest BCUT2D eigenvalue weighted by Gasteiger charge is -2.22. The Kier molecular flexibility index (Phi) is 3.60. The molecule has 0 aliphatic carbocycles. The first kappa shape index (κ1) is 13.0. The first-order valence-corrected chi connectivity index (χ1v) is 6.78. The molecule has 0 saturated carbocycles. The molecule has 20 heavy (non-hydrogen) atoms. The van der Waals surface area contributed by atoms with Crippen molar-refractivity contribution in [3.05, 3.63) is 46.5 Å². The number of aromatic nitrogens is 1. The Balaban J connectivity index is 1.85. The second kappa shape index (κ2) is 5.54. The van der Waals surface area contributed by atoms with E-state index >= 15 is 0 Å². The zero-order chi connectivity index (χ0) is 13.9. The Hall–Kier alpha value is -2.02. The van der Waals surface area contributed by atoms with Crippen molar-refractivity contribution in [1.82, 2.24) is 10.3 Å². The number of halogens is 1. The van der Waals surface area contributed by atoms with Crippen LogP contribution in [-0.2, 0) is 4.84 Å². The summed E-state index contributed by atoms with van der Waals surface area (Å²) in [7, 11) is 1.56. The van der Waals surface area contributed by atoms with Gasteiger partial charge < -0.3 is 19.3 Å². The van der Waals surface area contributed by atoms with E-state index < -0.39 is 0 Å². The Morgan fingerprint density at radius 2 is 2.30 bits per heavy atom. The van der Waals surface area contributed by atoms with Gasteiger partial charge in [0.25, 0.3) is 0 Å². The lowest BCUT2D eigenvalue weighted by Crippen LogP contribution is -2.36. The molecule has 1 aliphatic rings. The average Bonchev–Trinajstić information content (AvgIpc) is 3.02. The molecule has 0 spiro atoms. The van der Waals surface area contributed by atoms with Crippen LogP contribution in [0.3, 0.4) is 0 Å². The van der Waals surface area contributed by atoms with E-state index in [4.69, 9.17) is 14.0 Å².